The van der Waals surface area contributed by atoms with Crippen molar-refractivity contribution in [2.24, 2.45) is 4.99 Å². The lowest BCUT2D eigenvalue weighted by Crippen LogP contribution is -2.27. The summed E-state index contributed by atoms with van der Waals surface area (Å²) in [5.74, 6) is 1.16. The molecular formula is C21H24Cl2N4. The van der Waals surface area contributed by atoms with E-state index in [0.717, 1.165) is 47.6 Å². The Bertz CT molecular complexity index is 927. The highest BCUT2D eigenvalue weighted by Crippen LogP contribution is 2.22. The number of aliphatic imine (C=N–C) groups is 1. The second-order valence-corrected chi connectivity index (χ2v) is 7.12. The van der Waals surface area contributed by atoms with Crippen molar-refractivity contribution in [2.45, 2.75) is 20.4 Å². The lowest BCUT2D eigenvalue weighted by Gasteiger charge is -2.23. The van der Waals surface area contributed by atoms with E-state index in [9.17, 15) is 0 Å². The third-order valence-electron chi connectivity index (χ3n) is 4.63. The summed E-state index contributed by atoms with van der Waals surface area (Å²) < 4.78 is 2.12. The quantitative estimate of drug-likeness (QED) is 0.373. The highest BCUT2D eigenvalue weighted by atomic mass is 35.5. The van der Waals surface area contributed by atoms with Crippen molar-refractivity contribution in [3.8, 4) is 0 Å². The number of benzene rings is 2. The number of anilines is 1. The van der Waals surface area contributed by atoms with Crippen molar-refractivity contribution in [1.29, 1.82) is 0 Å². The number of hydrogen-bond acceptors (Lipinski definition) is 3. The summed E-state index contributed by atoms with van der Waals surface area (Å²) in [6.45, 7) is 6.68. The van der Waals surface area contributed by atoms with Crippen molar-refractivity contribution >= 4 is 51.8 Å². The summed E-state index contributed by atoms with van der Waals surface area (Å²) in [5.41, 5.74) is 6.40. The summed E-state index contributed by atoms with van der Waals surface area (Å²) in [6.07, 6.45) is 3.78. The van der Waals surface area contributed by atoms with Crippen molar-refractivity contribution in [2.75, 3.05) is 29.7 Å². The Kier molecular flexibility index (Phi) is 6.75. The third-order valence-corrected chi connectivity index (χ3v) is 4.96. The topological polar surface area (TPSA) is 33.4 Å². The van der Waals surface area contributed by atoms with Crippen LogP contribution >= 0.6 is 23.2 Å². The molecule has 0 aliphatic rings. The van der Waals surface area contributed by atoms with E-state index in [2.05, 4.69) is 57.6 Å². The fourth-order valence-corrected chi connectivity index (χ4v) is 3.51. The summed E-state index contributed by atoms with van der Waals surface area (Å²) >= 11 is 11.8. The number of halogens is 2. The second-order valence-electron chi connectivity index (χ2n) is 6.37. The summed E-state index contributed by atoms with van der Waals surface area (Å²) in [7, 11) is 0. The van der Waals surface area contributed by atoms with Gasteiger partial charge in [0.15, 0.2) is 0 Å². The van der Waals surface area contributed by atoms with Crippen LogP contribution < -0.4 is 4.90 Å². The predicted molar refractivity (Wildman–Crippen MR) is 117 cm³/mol. The molecule has 0 spiro atoms. The smallest absolute Gasteiger partial charge is 0.0958 e. The lowest BCUT2D eigenvalue weighted by molar-refractivity contribution is 0.787. The van der Waals surface area contributed by atoms with Gasteiger partial charge in [0.2, 0.25) is 0 Å². The Morgan fingerprint density at radius 1 is 1.11 bits per heavy atom. The molecule has 0 N–H and O–H groups in total. The van der Waals surface area contributed by atoms with Gasteiger partial charge in [0.25, 0.3) is 0 Å². The first-order valence-corrected chi connectivity index (χ1v) is 10.2. The Hall–Kier alpha value is -2.04. The molecule has 0 aliphatic heterocycles. The van der Waals surface area contributed by atoms with Gasteiger partial charge in [-0.2, -0.15) is 0 Å². The highest BCUT2D eigenvalue weighted by molar-refractivity contribution is 6.18. The van der Waals surface area contributed by atoms with Crippen LogP contribution in [0.25, 0.3) is 11.0 Å². The van der Waals surface area contributed by atoms with Gasteiger partial charge < -0.3 is 9.47 Å². The number of hydrogen-bond donors (Lipinski definition) is 0. The van der Waals surface area contributed by atoms with E-state index >= 15 is 0 Å². The zero-order valence-corrected chi connectivity index (χ0v) is 17.2. The molecule has 0 saturated carbocycles. The molecule has 27 heavy (non-hydrogen) atoms. The average molecular weight is 403 g/mol. The first-order valence-electron chi connectivity index (χ1n) is 9.12. The predicted octanol–water partition coefficient (Wildman–Crippen LogP) is 5.40. The number of imidazole rings is 1. The van der Waals surface area contributed by atoms with Crippen LogP contribution in [0.2, 0.25) is 0 Å². The standard InChI is InChI=1S/C21H24Cl2N4/c1-3-26-15-25-20-13-18(5-7-21(20)26)24-14-17-4-6-19(12-16(17)2)27(10-8-22)11-9-23/h4-7,12-15H,3,8-11H2,1-2H3. The van der Waals surface area contributed by atoms with Crippen LogP contribution in [-0.2, 0) is 6.54 Å². The Morgan fingerprint density at radius 3 is 2.56 bits per heavy atom. The normalized spacial score (nSPS) is 11.6. The first kappa shape index (κ1) is 19.7. The van der Waals surface area contributed by atoms with Crippen LogP contribution in [0.15, 0.2) is 47.7 Å². The van der Waals surface area contributed by atoms with Crippen LogP contribution in [0.5, 0.6) is 0 Å². The van der Waals surface area contributed by atoms with Crippen LogP contribution in [0.4, 0.5) is 11.4 Å². The van der Waals surface area contributed by atoms with Gasteiger partial charge in [0.05, 0.1) is 23.0 Å². The first-order chi connectivity index (χ1) is 13.2. The number of alkyl halides is 2. The Morgan fingerprint density at radius 2 is 1.89 bits per heavy atom. The van der Waals surface area contributed by atoms with Crippen LogP contribution in [0, 0.1) is 6.92 Å². The molecule has 6 heteroatoms. The number of aromatic nitrogens is 2. The molecule has 0 fully saturated rings. The van der Waals surface area contributed by atoms with Gasteiger partial charge in [0.1, 0.15) is 0 Å². The SMILES string of the molecule is CCn1cnc2cc(N=Cc3ccc(N(CCCl)CCCl)cc3C)ccc21. The van der Waals surface area contributed by atoms with E-state index < -0.39 is 0 Å². The van der Waals surface area contributed by atoms with E-state index in [1.807, 2.05) is 24.7 Å². The molecule has 1 aromatic heterocycles. The number of rotatable bonds is 8. The zero-order valence-electron chi connectivity index (χ0n) is 15.7. The molecule has 3 aromatic rings. The average Bonchev–Trinajstić information content (AvgIpc) is 3.09. The monoisotopic (exact) mass is 402 g/mol. The second kappa shape index (κ2) is 9.25. The maximum Gasteiger partial charge on any atom is 0.0958 e. The molecule has 3 rings (SSSR count). The van der Waals surface area contributed by atoms with Crippen molar-refractivity contribution in [1.82, 2.24) is 9.55 Å². The molecule has 2 aromatic carbocycles. The fraction of sp³-hybridized carbons (Fsp3) is 0.333. The minimum atomic E-state index is 0.579. The van der Waals surface area contributed by atoms with Crippen molar-refractivity contribution in [3.63, 3.8) is 0 Å². The molecule has 0 saturated heterocycles. The van der Waals surface area contributed by atoms with Crippen molar-refractivity contribution < 1.29 is 0 Å². The fourth-order valence-electron chi connectivity index (χ4n) is 3.10. The summed E-state index contributed by atoms with van der Waals surface area (Å²) in [5, 5.41) is 0. The number of aryl methyl sites for hydroxylation is 2. The highest BCUT2D eigenvalue weighted by Gasteiger charge is 2.07. The van der Waals surface area contributed by atoms with E-state index in [1.165, 1.54) is 5.56 Å². The maximum atomic E-state index is 5.91. The van der Waals surface area contributed by atoms with Gasteiger partial charge >= 0.3 is 0 Å². The third kappa shape index (κ3) is 4.63. The van der Waals surface area contributed by atoms with Gasteiger partial charge in [-0.25, -0.2) is 4.98 Å². The molecule has 1 heterocycles. The van der Waals surface area contributed by atoms with Crippen LogP contribution in [-0.4, -0.2) is 40.6 Å². The van der Waals surface area contributed by atoms with E-state index in [1.54, 1.807) is 0 Å². The van der Waals surface area contributed by atoms with E-state index in [4.69, 9.17) is 23.2 Å². The Labute approximate surface area is 170 Å². The summed E-state index contributed by atoms with van der Waals surface area (Å²) in [6, 6.07) is 12.5. The van der Waals surface area contributed by atoms with Crippen LogP contribution in [0.3, 0.4) is 0 Å². The molecule has 0 aliphatic carbocycles. The van der Waals surface area contributed by atoms with Gasteiger partial charge in [-0.1, -0.05) is 6.07 Å². The molecule has 0 unspecified atom stereocenters. The van der Waals surface area contributed by atoms with Gasteiger partial charge in [0, 0.05) is 43.3 Å². The van der Waals surface area contributed by atoms with Gasteiger partial charge in [-0.05, 0) is 55.3 Å². The number of fused-ring (bicyclic) bond motifs is 1. The van der Waals surface area contributed by atoms with Gasteiger partial charge in [-0.15, -0.1) is 23.2 Å². The minimum absolute atomic E-state index is 0.579. The molecular weight excluding hydrogens is 379 g/mol. The molecule has 142 valence electrons. The van der Waals surface area contributed by atoms with Crippen molar-refractivity contribution in [3.05, 3.63) is 53.9 Å². The number of nitrogens with zero attached hydrogens (tertiary/aromatic N) is 4. The minimum Gasteiger partial charge on any atom is -0.369 e. The molecule has 0 atom stereocenters. The molecule has 0 amide bonds. The van der Waals surface area contributed by atoms with E-state index in [0.29, 0.717) is 11.8 Å². The summed E-state index contributed by atoms with van der Waals surface area (Å²) in [4.78, 5) is 11.3. The zero-order chi connectivity index (χ0) is 19.2. The maximum absolute atomic E-state index is 5.91. The van der Waals surface area contributed by atoms with E-state index in [-0.39, 0.29) is 0 Å². The Balaban J connectivity index is 1.80. The van der Waals surface area contributed by atoms with Gasteiger partial charge in [-0.3, -0.25) is 4.99 Å². The molecule has 0 bridgehead atoms. The molecule has 4 nitrogen and oxygen atoms in total. The van der Waals surface area contributed by atoms with Crippen LogP contribution in [0.1, 0.15) is 18.1 Å². The molecule has 0 radical (unpaired) electrons. The lowest BCUT2D eigenvalue weighted by atomic mass is 10.1. The largest absolute Gasteiger partial charge is 0.369 e.